The van der Waals surface area contributed by atoms with Gasteiger partial charge in [0.1, 0.15) is 0 Å². The SMILES string of the molecule is CC(c1ccccc1)n1c(N2CCNCC2)nc2c1C(=O)N(C)C(O)N2C. The quantitative estimate of drug-likeness (QED) is 0.828. The molecule has 0 bridgehead atoms. The number of imidazole rings is 1. The zero-order chi connectivity index (χ0) is 19.1. The number of piperazine rings is 1. The number of fused-ring (bicyclic) bond motifs is 1. The Morgan fingerprint density at radius 3 is 2.48 bits per heavy atom. The molecule has 2 aliphatic rings. The van der Waals surface area contributed by atoms with Crippen LogP contribution in [0.5, 0.6) is 0 Å². The Bertz CT molecular complexity index is 830. The van der Waals surface area contributed by atoms with E-state index in [0.717, 1.165) is 37.7 Å². The molecule has 8 heteroatoms. The highest BCUT2D eigenvalue weighted by Crippen LogP contribution is 2.36. The van der Waals surface area contributed by atoms with Crippen LogP contribution in [0, 0.1) is 0 Å². The number of benzene rings is 1. The smallest absolute Gasteiger partial charge is 0.277 e. The predicted octanol–water partition coefficient (Wildman–Crippen LogP) is 0.700. The molecule has 2 atom stereocenters. The number of carbonyl (C=O) groups excluding carboxylic acids is 1. The maximum absolute atomic E-state index is 13.1. The van der Waals surface area contributed by atoms with Crippen molar-refractivity contribution in [1.82, 2.24) is 19.8 Å². The topological polar surface area (TPSA) is 76.9 Å². The molecular formula is C19H26N6O2. The number of aliphatic hydroxyl groups excluding tert-OH is 1. The minimum Gasteiger partial charge on any atom is -0.356 e. The number of carbonyl (C=O) groups is 1. The number of hydrogen-bond donors (Lipinski definition) is 2. The van der Waals surface area contributed by atoms with Gasteiger partial charge in [0, 0.05) is 40.3 Å². The summed E-state index contributed by atoms with van der Waals surface area (Å²) < 4.78 is 2.02. The van der Waals surface area contributed by atoms with Crippen molar-refractivity contribution in [1.29, 1.82) is 0 Å². The van der Waals surface area contributed by atoms with Gasteiger partial charge in [0.2, 0.25) is 12.3 Å². The van der Waals surface area contributed by atoms with Crippen LogP contribution in [0.3, 0.4) is 0 Å². The molecule has 0 aliphatic carbocycles. The molecule has 27 heavy (non-hydrogen) atoms. The molecule has 1 saturated heterocycles. The molecule has 0 saturated carbocycles. The van der Waals surface area contributed by atoms with E-state index in [4.69, 9.17) is 4.98 Å². The van der Waals surface area contributed by atoms with E-state index < -0.39 is 6.35 Å². The van der Waals surface area contributed by atoms with Crippen LogP contribution in [0.15, 0.2) is 30.3 Å². The van der Waals surface area contributed by atoms with Crippen molar-refractivity contribution >= 4 is 17.7 Å². The van der Waals surface area contributed by atoms with Crippen molar-refractivity contribution in [3.63, 3.8) is 0 Å². The molecule has 2 aromatic rings. The summed E-state index contributed by atoms with van der Waals surface area (Å²) in [6, 6.07) is 10.1. The lowest BCUT2D eigenvalue weighted by molar-refractivity contribution is 0.0151. The van der Waals surface area contributed by atoms with Crippen LogP contribution in [0.1, 0.15) is 29.0 Å². The second-order valence-electron chi connectivity index (χ2n) is 7.15. The summed E-state index contributed by atoms with van der Waals surface area (Å²) in [6.45, 7) is 5.50. The first-order valence-electron chi connectivity index (χ1n) is 9.31. The average molecular weight is 370 g/mol. The first-order valence-corrected chi connectivity index (χ1v) is 9.31. The summed E-state index contributed by atoms with van der Waals surface area (Å²) in [4.78, 5) is 23.1. The standard InChI is InChI=1S/C19H26N6O2/c1-13(14-7-5-4-6-8-14)25-15-16(22(2)19(27)23(3)17(15)26)21-18(25)24-11-9-20-10-12-24/h4-8,13,19-20,27H,9-12H2,1-3H3. The van der Waals surface area contributed by atoms with Gasteiger partial charge in [-0.15, -0.1) is 0 Å². The molecule has 2 N–H and O–H groups in total. The fraction of sp³-hybridized carbons (Fsp3) is 0.474. The maximum Gasteiger partial charge on any atom is 0.277 e. The predicted molar refractivity (Wildman–Crippen MR) is 104 cm³/mol. The van der Waals surface area contributed by atoms with Crippen LogP contribution in [0.2, 0.25) is 0 Å². The number of aliphatic hydroxyl groups is 1. The highest BCUT2D eigenvalue weighted by atomic mass is 16.3. The molecule has 8 nitrogen and oxygen atoms in total. The van der Waals surface area contributed by atoms with Crippen molar-refractivity contribution in [2.45, 2.75) is 19.3 Å². The van der Waals surface area contributed by atoms with E-state index in [-0.39, 0.29) is 11.9 Å². The van der Waals surface area contributed by atoms with Crippen LogP contribution in [-0.2, 0) is 0 Å². The first-order chi connectivity index (χ1) is 13.0. The molecule has 1 fully saturated rings. The zero-order valence-corrected chi connectivity index (χ0v) is 16.0. The summed E-state index contributed by atoms with van der Waals surface area (Å²) in [7, 11) is 3.37. The lowest BCUT2D eigenvalue weighted by atomic mass is 10.1. The Morgan fingerprint density at radius 1 is 1.15 bits per heavy atom. The van der Waals surface area contributed by atoms with Gasteiger partial charge in [-0.1, -0.05) is 30.3 Å². The molecule has 1 aromatic carbocycles. The van der Waals surface area contributed by atoms with E-state index in [1.54, 1.807) is 19.0 Å². The largest absolute Gasteiger partial charge is 0.356 e. The lowest BCUT2D eigenvalue weighted by Crippen LogP contribution is -2.52. The number of nitrogens with one attached hydrogen (secondary N) is 1. The van der Waals surface area contributed by atoms with Gasteiger partial charge in [0.15, 0.2) is 11.5 Å². The highest BCUT2D eigenvalue weighted by molar-refractivity contribution is 6.00. The normalized spacial score (nSPS) is 21.4. The Morgan fingerprint density at radius 2 is 1.81 bits per heavy atom. The lowest BCUT2D eigenvalue weighted by Gasteiger charge is -2.36. The van der Waals surface area contributed by atoms with E-state index in [1.807, 2.05) is 22.8 Å². The third-order valence-electron chi connectivity index (χ3n) is 5.49. The Hall–Kier alpha value is -2.58. The molecular weight excluding hydrogens is 344 g/mol. The van der Waals surface area contributed by atoms with Gasteiger partial charge in [-0.2, -0.15) is 4.98 Å². The monoisotopic (exact) mass is 370 g/mol. The van der Waals surface area contributed by atoms with E-state index in [1.165, 1.54) is 4.90 Å². The number of hydrogen-bond acceptors (Lipinski definition) is 6. The number of anilines is 2. The van der Waals surface area contributed by atoms with Gasteiger partial charge < -0.3 is 20.2 Å². The van der Waals surface area contributed by atoms with Crippen molar-refractivity contribution in [2.75, 3.05) is 50.1 Å². The summed E-state index contributed by atoms with van der Waals surface area (Å²) >= 11 is 0. The number of nitrogens with zero attached hydrogens (tertiary/aromatic N) is 5. The maximum atomic E-state index is 13.1. The van der Waals surface area contributed by atoms with Gasteiger partial charge in [-0.05, 0) is 12.5 Å². The minimum atomic E-state index is -1.02. The van der Waals surface area contributed by atoms with Crippen LogP contribution in [0.25, 0.3) is 0 Å². The summed E-state index contributed by atoms with van der Waals surface area (Å²) in [5, 5.41) is 13.7. The highest BCUT2D eigenvalue weighted by Gasteiger charge is 2.40. The van der Waals surface area contributed by atoms with Crippen LogP contribution in [-0.4, -0.2) is 72.1 Å². The van der Waals surface area contributed by atoms with Crippen LogP contribution < -0.4 is 15.1 Å². The van der Waals surface area contributed by atoms with Crippen LogP contribution >= 0.6 is 0 Å². The molecule has 2 aliphatic heterocycles. The van der Waals surface area contributed by atoms with E-state index in [0.29, 0.717) is 11.5 Å². The van der Waals surface area contributed by atoms with E-state index in [2.05, 4.69) is 29.3 Å². The van der Waals surface area contributed by atoms with Crippen molar-refractivity contribution in [3.05, 3.63) is 41.6 Å². The van der Waals surface area contributed by atoms with Crippen molar-refractivity contribution in [2.24, 2.45) is 0 Å². The average Bonchev–Trinajstić information content (AvgIpc) is 3.12. The van der Waals surface area contributed by atoms with Gasteiger partial charge in [0.05, 0.1) is 6.04 Å². The molecule has 2 unspecified atom stereocenters. The summed E-state index contributed by atoms with van der Waals surface area (Å²) in [5.74, 6) is 1.09. The number of amides is 1. The fourth-order valence-electron chi connectivity index (χ4n) is 3.83. The number of aromatic nitrogens is 2. The minimum absolute atomic E-state index is 0.0617. The summed E-state index contributed by atoms with van der Waals surface area (Å²) in [6.07, 6.45) is -1.02. The number of rotatable bonds is 3. The molecule has 1 amide bonds. The molecule has 4 rings (SSSR count). The third kappa shape index (κ3) is 2.85. The second kappa shape index (κ2) is 6.86. The van der Waals surface area contributed by atoms with Gasteiger partial charge in [0.25, 0.3) is 5.91 Å². The zero-order valence-electron chi connectivity index (χ0n) is 16.0. The van der Waals surface area contributed by atoms with Gasteiger partial charge in [-0.25, -0.2) is 0 Å². The van der Waals surface area contributed by atoms with Gasteiger partial charge >= 0.3 is 0 Å². The first kappa shape index (κ1) is 17.8. The molecule has 0 radical (unpaired) electrons. The second-order valence-corrected chi connectivity index (χ2v) is 7.15. The molecule has 1 aromatic heterocycles. The summed E-state index contributed by atoms with van der Waals surface area (Å²) in [5.41, 5.74) is 1.63. The van der Waals surface area contributed by atoms with Gasteiger partial charge in [-0.3, -0.25) is 14.3 Å². The Labute approximate surface area is 159 Å². The van der Waals surface area contributed by atoms with E-state index >= 15 is 0 Å². The molecule has 0 spiro atoms. The molecule has 144 valence electrons. The Kier molecular flexibility index (Phi) is 4.53. The third-order valence-corrected chi connectivity index (χ3v) is 5.49. The van der Waals surface area contributed by atoms with Crippen molar-refractivity contribution in [3.8, 4) is 0 Å². The van der Waals surface area contributed by atoms with Crippen LogP contribution in [0.4, 0.5) is 11.8 Å². The fourth-order valence-corrected chi connectivity index (χ4v) is 3.83. The molecule has 3 heterocycles. The van der Waals surface area contributed by atoms with Crippen molar-refractivity contribution < 1.29 is 9.90 Å². The Balaban J connectivity index is 1.89. The van der Waals surface area contributed by atoms with E-state index in [9.17, 15) is 9.90 Å².